The van der Waals surface area contributed by atoms with Crippen LogP contribution in [0.25, 0.3) is 0 Å². The molecule has 3 nitrogen and oxygen atoms in total. The highest BCUT2D eigenvalue weighted by Gasteiger charge is 2.56. The Morgan fingerprint density at radius 3 is 2.31 bits per heavy atom. The second-order valence-electron chi connectivity index (χ2n) is 5.81. The van der Waals surface area contributed by atoms with Gasteiger partial charge >= 0.3 is 0 Å². The van der Waals surface area contributed by atoms with Gasteiger partial charge in [0.2, 0.25) is 0 Å². The van der Waals surface area contributed by atoms with E-state index in [-0.39, 0.29) is 11.6 Å². The topological polar surface area (TPSA) is 55.5 Å². The van der Waals surface area contributed by atoms with E-state index in [1.54, 1.807) is 7.11 Å². The van der Waals surface area contributed by atoms with Crippen molar-refractivity contribution in [3.8, 4) is 0 Å². The van der Waals surface area contributed by atoms with E-state index in [0.29, 0.717) is 0 Å². The minimum Gasteiger partial charge on any atom is -0.388 e. The van der Waals surface area contributed by atoms with Gasteiger partial charge in [-0.25, -0.2) is 0 Å². The van der Waals surface area contributed by atoms with Gasteiger partial charge in [0.05, 0.1) is 11.7 Å². The van der Waals surface area contributed by atoms with Crippen molar-refractivity contribution in [2.24, 2.45) is 11.7 Å². The molecule has 0 atom stereocenters. The van der Waals surface area contributed by atoms with Gasteiger partial charge in [-0.3, -0.25) is 0 Å². The molecule has 0 unspecified atom stereocenters. The van der Waals surface area contributed by atoms with Crippen LogP contribution in [0.2, 0.25) is 0 Å². The summed E-state index contributed by atoms with van der Waals surface area (Å²) in [5, 5.41) is 10.7. The Bertz CT molecular complexity index is 240. The lowest BCUT2D eigenvalue weighted by Gasteiger charge is -2.56. The SMILES string of the molecule is CCC1CCC(O)(C2(N)CC(OC)C2)CC1. The Hall–Kier alpha value is -0.120. The second kappa shape index (κ2) is 4.28. The van der Waals surface area contributed by atoms with Gasteiger partial charge in [0, 0.05) is 12.6 Å². The van der Waals surface area contributed by atoms with E-state index in [1.165, 1.54) is 6.42 Å². The zero-order valence-electron chi connectivity index (χ0n) is 10.5. The minimum absolute atomic E-state index is 0.262. The fourth-order valence-electron chi connectivity index (χ4n) is 3.36. The predicted molar refractivity (Wildman–Crippen MR) is 64.1 cm³/mol. The summed E-state index contributed by atoms with van der Waals surface area (Å²) in [5.74, 6) is 0.794. The predicted octanol–water partition coefficient (Wildman–Crippen LogP) is 1.82. The van der Waals surface area contributed by atoms with E-state index in [2.05, 4.69) is 6.92 Å². The molecule has 3 heteroatoms. The molecule has 2 saturated carbocycles. The fourth-order valence-corrected chi connectivity index (χ4v) is 3.36. The quantitative estimate of drug-likeness (QED) is 0.773. The molecule has 0 saturated heterocycles. The third-order valence-electron chi connectivity index (χ3n) is 4.95. The summed E-state index contributed by atoms with van der Waals surface area (Å²) in [4.78, 5) is 0. The van der Waals surface area contributed by atoms with Gasteiger partial charge in [0.1, 0.15) is 0 Å². The molecule has 2 aliphatic rings. The lowest BCUT2D eigenvalue weighted by Crippen LogP contribution is -2.69. The van der Waals surface area contributed by atoms with Crippen molar-refractivity contribution in [1.29, 1.82) is 0 Å². The number of rotatable bonds is 3. The Balaban J connectivity index is 1.94. The van der Waals surface area contributed by atoms with E-state index in [0.717, 1.165) is 44.4 Å². The molecule has 2 fully saturated rings. The third kappa shape index (κ3) is 1.89. The first-order chi connectivity index (χ1) is 7.53. The summed E-state index contributed by atoms with van der Waals surface area (Å²) in [6.45, 7) is 2.23. The van der Waals surface area contributed by atoms with Gasteiger partial charge in [-0.2, -0.15) is 0 Å². The van der Waals surface area contributed by atoms with Crippen molar-refractivity contribution < 1.29 is 9.84 Å². The summed E-state index contributed by atoms with van der Waals surface area (Å²) in [6, 6.07) is 0. The van der Waals surface area contributed by atoms with Gasteiger partial charge < -0.3 is 15.6 Å². The van der Waals surface area contributed by atoms with E-state index >= 15 is 0 Å². The Morgan fingerprint density at radius 2 is 1.88 bits per heavy atom. The largest absolute Gasteiger partial charge is 0.388 e. The zero-order chi connectivity index (χ0) is 11.8. The number of nitrogens with two attached hydrogens (primary N) is 1. The van der Waals surface area contributed by atoms with Gasteiger partial charge in [-0.1, -0.05) is 13.3 Å². The van der Waals surface area contributed by atoms with Crippen LogP contribution in [0.15, 0.2) is 0 Å². The average molecular weight is 227 g/mol. The first-order valence-corrected chi connectivity index (χ1v) is 6.57. The number of aliphatic hydroxyl groups is 1. The monoisotopic (exact) mass is 227 g/mol. The minimum atomic E-state index is -0.631. The van der Waals surface area contributed by atoms with Crippen LogP contribution in [0.4, 0.5) is 0 Å². The van der Waals surface area contributed by atoms with Gasteiger partial charge in [0.15, 0.2) is 0 Å². The standard InChI is InChI=1S/C13H25NO2/c1-3-10-4-6-13(15,7-5-10)12(14)8-11(9-12)16-2/h10-11,15H,3-9,14H2,1-2H3. The third-order valence-corrected chi connectivity index (χ3v) is 4.95. The van der Waals surface area contributed by atoms with E-state index in [1.807, 2.05) is 0 Å². The van der Waals surface area contributed by atoms with E-state index in [4.69, 9.17) is 10.5 Å². The summed E-state index contributed by atoms with van der Waals surface area (Å²) in [6.07, 6.45) is 7.13. The molecule has 0 spiro atoms. The van der Waals surface area contributed by atoms with Gasteiger partial charge in [-0.15, -0.1) is 0 Å². The van der Waals surface area contributed by atoms with Crippen molar-refractivity contribution in [2.75, 3.05) is 7.11 Å². The number of methoxy groups -OCH3 is 1. The Kier molecular flexibility index (Phi) is 3.30. The van der Waals surface area contributed by atoms with Crippen LogP contribution in [-0.2, 0) is 4.74 Å². The van der Waals surface area contributed by atoms with Crippen LogP contribution in [0.1, 0.15) is 51.9 Å². The van der Waals surface area contributed by atoms with Crippen molar-refractivity contribution in [3.63, 3.8) is 0 Å². The number of ether oxygens (including phenoxy) is 1. The van der Waals surface area contributed by atoms with Gasteiger partial charge in [-0.05, 0) is 44.4 Å². The molecule has 2 rings (SSSR count). The number of hydrogen-bond donors (Lipinski definition) is 2. The van der Waals surface area contributed by atoms with Crippen LogP contribution in [-0.4, -0.2) is 29.5 Å². The van der Waals surface area contributed by atoms with Crippen LogP contribution < -0.4 is 5.73 Å². The highest BCUT2D eigenvalue weighted by molar-refractivity contribution is 5.13. The maximum Gasteiger partial charge on any atom is 0.0828 e. The summed E-state index contributed by atoms with van der Waals surface area (Å²) in [7, 11) is 1.72. The second-order valence-corrected chi connectivity index (χ2v) is 5.81. The molecular formula is C13H25NO2. The average Bonchev–Trinajstić information content (AvgIpc) is 2.25. The van der Waals surface area contributed by atoms with Crippen LogP contribution in [0, 0.1) is 5.92 Å². The molecule has 0 aromatic carbocycles. The van der Waals surface area contributed by atoms with Crippen LogP contribution in [0.3, 0.4) is 0 Å². The van der Waals surface area contributed by atoms with E-state index < -0.39 is 5.60 Å². The Labute approximate surface area is 98.4 Å². The van der Waals surface area contributed by atoms with Crippen molar-refractivity contribution in [2.45, 2.75) is 69.1 Å². The maximum atomic E-state index is 10.7. The molecule has 0 heterocycles. The smallest absolute Gasteiger partial charge is 0.0828 e. The highest BCUT2D eigenvalue weighted by Crippen LogP contribution is 2.48. The maximum absolute atomic E-state index is 10.7. The molecule has 0 amide bonds. The lowest BCUT2D eigenvalue weighted by atomic mass is 9.58. The molecule has 94 valence electrons. The molecule has 0 aliphatic heterocycles. The summed E-state index contributed by atoms with van der Waals surface area (Å²) >= 11 is 0. The van der Waals surface area contributed by atoms with Crippen molar-refractivity contribution >= 4 is 0 Å². The molecule has 0 aromatic rings. The highest BCUT2D eigenvalue weighted by atomic mass is 16.5. The fraction of sp³-hybridized carbons (Fsp3) is 1.00. The molecule has 0 bridgehead atoms. The zero-order valence-corrected chi connectivity index (χ0v) is 10.5. The van der Waals surface area contributed by atoms with Gasteiger partial charge in [0.25, 0.3) is 0 Å². The molecule has 2 aliphatic carbocycles. The van der Waals surface area contributed by atoms with Crippen molar-refractivity contribution in [1.82, 2.24) is 0 Å². The summed E-state index contributed by atoms with van der Waals surface area (Å²) in [5.41, 5.74) is 5.32. The molecule has 16 heavy (non-hydrogen) atoms. The molecule has 0 aromatic heterocycles. The lowest BCUT2D eigenvalue weighted by molar-refractivity contribution is -0.146. The van der Waals surface area contributed by atoms with Crippen LogP contribution >= 0.6 is 0 Å². The number of hydrogen-bond acceptors (Lipinski definition) is 3. The molecule has 3 N–H and O–H groups in total. The normalized spacial score (nSPS) is 48.8. The first kappa shape index (κ1) is 12.3. The molecular weight excluding hydrogens is 202 g/mol. The van der Waals surface area contributed by atoms with E-state index in [9.17, 15) is 5.11 Å². The first-order valence-electron chi connectivity index (χ1n) is 6.57. The summed E-state index contributed by atoms with van der Waals surface area (Å²) < 4.78 is 5.27. The van der Waals surface area contributed by atoms with Crippen LogP contribution in [0.5, 0.6) is 0 Å². The van der Waals surface area contributed by atoms with Crippen molar-refractivity contribution in [3.05, 3.63) is 0 Å². The molecule has 0 radical (unpaired) electrons. The Morgan fingerprint density at radius 1 is 1.31 bits per heavy atom.